The molecule has 1 aliphatic rings. The van der Waals surface area contributed by atoms with Gasteiger partial charge in [0.15, 0.2) is 0 Å². The molecule has 0 aliphatic carbocycles. The molecule has 2 N–H and O–H groups in total. The first kappa shape index (κ1) is 19.0. The molecule has 0 bridgehead atoms. The fourth-order valence-corrected chi connectivity index (χ4v) is 3.40. The molecule has 1 aromatic heterocycles. The Morgan fingerprint density at radius 3 is 2.76 bits per heavy atom. The van der Waals surface area contributed by atoms with Crippen LogP contribution in [0.2, 0.25) is 0 Å². The van der Waals surface area contributed by atoms with Gasteiger partial charge in [-0.25, -0.2) is 4.68 Å². The molecule has 2 aromatic carbocycles. The highest BCUT2D eigenvalue weighted by Crippen LogP contribution is 2.25. The van der Waals surface area contributed by atoms with Gasteiger partial charge in [-0.15, -0.1) is 0 Å². The lowest BCUT2D eigenvalue weighted by molar-refractivity contribution is 0.0900. The van der Waals surface area contributed by atoms with Crippen LogP contribution in [0.4, 0.5) is 0 Å². The van der Waals surface area contributed by atoms with E-state index in [-0.39, 0.29) is 12.1 Å². The molecule has 0 unspecified atom stereocenters. The molecule has 3 aromatic rings. The van der Waals surface area contributed by atoms with E-state index in [0.717, 1.165) is 28.3 Å². The SMILES string of the molecule is CCOc1ccccc1CN[C@H]1CNC(=O)c2cc(-c3ccc(OC)cc3)nn21. The molecule has 0 saturated heterocycles. The summed E-state index contributed by atoms with van der Waals surface area (Å²) in [5, 5.41) is 11.1. The molecule has 4 rings (SSSR count). The molecule has 7 heteroatoms. The number of ether oxygens (including phenoxy) is 2. The van der Waals surface area contributed by atoms with Gasteiger partial charge in [-0.05, 0) is 43.3 Å². The van der Waals surface area contributed by atoms with Crippen molar-refractivity contribution in [3.05, 3.63) is 65.9 Å². The lowest BCUT2D eigenvalue weighted by atomic mass is 10.1. The highest BCUT2D eigenvalue weighted by Gasteiger charge is 2.27. The minimum absolute atomic E-state index is 0.120. The molecule has 1 aliphatic heterocycles. The van der Waals surface area contributed by atoms with Crippen LogP contribution in [-0.2, 0) is 6.54 Å². The van der Waals surface area contributed by atoms with Crippen LogP contribution in [0.15, 0.2) is 54.6 Å². The van der Waals surface area contributed by atoms with E-state index >= 15 is 0 Å². The molecular formula is C22H24N4O3. The van der Waals surface area contributed by atoms with E-state index in [2.05, 4.69) is 10.6 Å². The third kappa shape index (κ3) is 3.95. The van der Waals surface area contributed by atoms with E-state index < -0.39 is 0 Å². The predicted octanol–water partition coefficient (Wildman–Crippen LogP) is 2.99. The van der Waals surface area contributed by atoms with Crippen molar-refractivity contribution in [2.24, 2.45) is 0 Å². The van der Waals surface area contributed by atoms with Gasteiger partial charge in [0.05, 0.1) is 26.0 Å². The predicted molar refractivity (Wildman–Crippen MR) is 110 cm³/mol. The maximum absolute atomic E-state index is 12.3. The lowest BCUT2D eigenvalue weighted by Gasteiger charge is -2.26. The Bertz CT molecular complexity index is 998. The number of hydrogen-bond donors (Lipinski definition) is 2. The maximum atomic E-state index is 12.3. The van der Waals surface area contributed by atoms with Crippen LogP contribution < -0.4 is 20.1 Å². The summed E-state index contributed by atoms with van der Waals surface area (Å²) in [6.45, 7) is 3.66. The third-order valence-corrected chi connectivity index (χ3v) is 4.91. The second-order valence-corrected chi connectivity index (χ2v) is 6.74. The van der Waals surface area contributed by atoms with Crippen molar-refractivity contribution < 1.29 is 14.3 Å². The molecule has 1 atom stereocenters. The third-order valence-electron chi connectivity index (χ3n) is 4.91. The maximum Gasteiger partial charge on any atom is 0.269 e. The molecule has 0 fully saturated rings. The number of para-hydroxylation sites is 1. The summed E-state index contributed by atoms with van der Waals surface area (Å²) in [6, 6.07) is 17.4. The van der Waals surface area contributed by atoms with E-state index in [4.69, 9.17) is 14.6 Å². The quantitative estimate of drug-likeness (QED) is 0.646. The summed E-state index contributed by atoms with van der Waals surface area (Å²) in [5.74, 6) is 1.52. The standard InChI is InChI=1S/C22H24N4O3/c1-3-29-20-7-5-4-6-16(20)13-23-21-14-24-22(27)19-12-18(25-26(19)21)15-8-10-17(28-2)11-9-15/h4-12,21,23H,3,13-14H2,1-2H3,(H,24,27)/t21-/m1/s1. The fourth-order valence-electron chi connectivity index (χ4n) is 3.40. The molecule has 150 valence electrons. The van der Waals surface area contributed by atoms with Crippen LogP contribution in [0.1, 0.15) is 29.1 Å². The summed E-state index contributed by atoms with van der Waals surface area (Å²) in [6.07, 6.45) is -0.149. The van der Waals surface area contributed by atoms with E-state index in [9.17, 15) is 4.79 Å². The van der Waals surface area contributed by atoms with Gasteiger partial charge in [0, 0.05) is 17.7 Å². The minimum atomic E-state index is -0.149. The van der Waals surface area contributed by atoms with Gasteiger partial charge < -0.3 is 14.8 Å². The second-order valence-electron chi connectivity index (χ2n) is 6.74. The number of carbonyl (C=O) groups excluding carboxylic acids is 1. The van der Waals surface area contributed by atoms with Crippen molar-refractivity contribution in [3.63, 3.8) is 0 Å². The van der Waals surface area contributed by atoms with Gasteiger partial charge in [0.25, 0.3) is 5.91 Å². The number of nitrogens with one attached hydrogen (secondary N) is 2. The van der Waals surface area contributed by atoms with Gasteiger partial charge in [0.2, 0.25) is 0 Å². The molecule has 29 heavy (non-hydrogen) atoms. The molecular weight excluding hydrogens is 368 g/mol. The van der Waals surface area contributed by atoms with E-state index in [0.29, 0.717) is 25.4 Å². The molecule has 0 spiro atoms. The number of fused-ring (bicyclic) bond motifs is 1. The Morgan fingerprint density at radius 1 is 1.21 bits per heavy atom. The lowest BCUT2D eigenvalue weighted by Crippen LogP contribution is -2.45. The summed E-state index contributed by atoms with van der Waals surface area (Å²) < 4.78 is 12.7. The van der Waals surface area contributed by atoms with Crippen LogP contribution in [0, 0.1) is 0 Å². The topological polar surface area (TPSA) is 77.4 Å². The van der Waals surface area contributed by atoms with Crippen LogP contribution in [0.5, 0.6) is 11.5 Å². The van der Waals surface area contributed by atoms with Gasteiger partial charge in [-0.3, -0.25) is 10.1 Å². The molecule has 0 saturated carbocycles. The van der Waals surface area contributed by atoms with E-state index in [1.807, 2.05) is 61.5 Å². The van der Waals surface area contributed by atoms with Crippen molar-refractivity contribution in [2.75, 3.05) is 20.3 Å². The largest absolute Gasteiger partial charge is 0.497 e. The highest BCUT2D eigenvalue weighted by molar-refractivity contribution is 5.94. The number of hydrogen-bond acceptors (Lipinski definition) is 5. The van der Waals surface area contributed by atoms with Gasteiger partial charge in [-0.1, -0.05) is 18.2 Å². The van der Waals surface area contributed by atoms with Crippen LogP contribution in [0.25, 0.3) is 11.3 Å². The van der Waals surface area contributed by atoms with Crippen molar-refractivity contribution in [1.29, 1.82) is 0 Å². The molecule has 7 nitrogen and oxygen atoms in total. The first-order valence-electron chi connectivity index (χ1n) is 9.66. The Labute approximate surface area is 169 Å². The van der Waals surface area contributed by atoms with Crippen molar-refractivity contribution in [3.8, 4) is 22.8 Å². The molecule has 1 amide bonds. The first-order valence-corrected chi connectivity index (χ1v) is 9.66. The van der Waals surface area contributed by atoms with Gasteiger partial charge in [-0.2, -0.15) is 5.10 Å². The zero-order valence-electron chi connectivity index (χ0n) is 16.5. The Hall–Kier alpha value is -3.32. The van der Waals surface area contributed by atoms with Gasteiger partial charge >= 0.3 is 0 Å². The molecule has 0 radical (unpaired) electrons. The Morgan fingerprint density at radius 2 is 2.00 bits per heavy atom. The van der Waals surface area contributed by atoms with E-state index in [1.54, 1.807) is 11.8 Å². The smallest absolute Gasteiger partial charge is 0.269 e. The first-order chi connectivity index (χ1) is 14.2. The van der Waals surface area contributed by atoms with Gasteiger partial charge in [0.1, 0.15) is 23.4 Å². The van der Waals surface area contributed by atoms with Crippen molar-refractivity contribution >= 4 is 5.91 Å². The minimum Gasteiger partial charge on any atom is -0.497 e. The highest BCUT2D eigenvalue weighted by atomic mass is 16.5. The number of carbonyl (C=O) groups is 1. The Balaban J connectivity index is 1.56. The monoisotopic (exact) mass is 392 g/mol. The Kier molecular flexibility index (Phi) is 5.48. The fraction of sp³-hybridized carbons (Fsp3) is 0.273. The number of rotatable bonds is 7. The van der Waals surface area contributed by atoms with Crippen LogP contribution >= 0.6 is 0 Å². The summed E-state index contributed by atoms with van der Waals surface area (Å²) >= 11 is 0. The summed E-state index contributed by atoms with van der Waals surface area (Å²) in [4.78, 5) is 12.3. The van der Waals surface area contributed by atoms with Crippen LogP contribution in [-0.4, -0.2) is 35.9 Å². The zero-order valence-corrected chi connectivity index (χ0v) is 16.5. The average Bonchev–Trinajstić information content (AvgIpc) is 3.21. The number of benzene rings is 2. The number of amides is 1. The second kappa shape index (κ2) is 8.36. The average molecular weight is 392 g/mol. The number of nitrogens with zero attached hydrogens (tertiary/aromatic N) is 2. The molecule has 2 heterocycles. The summed E-state index contributed by atoms with van der Waals surface area (Å²) in [7, 11) is 1.63. The number of methoxy groups -OCH3 is 1. The number of aromatic nitrogens is 2. The van der Waals surface area contributed by atoms with E-state index in [1.165, 1.54) is 0 Å². The summed E-state index contributed by atoms with van der Waals surface area (Å²) in [5.41, 5.74) is 3.29. The van der Waals surface area contributed by atoms with Crippen LogP contribution in [0.3, 0.4) is 0 Å². The zero-order chi connectivity index (χ0) is 20.2. The van der Waals surface area contributed by atoms with Crippen molar-refractivity contribution in [1.82, 2.24) is 20.4 Å². The normalized spacial score (nSPS) is 15.5. The van der Waals surface area contributed by atoms with Crippen molar-refractivity contribution in [2.45, 2.75) is 19.6 Å².